The summed E-state index contributed by atoms with van der Waals surface area (Å²) in [6.45, 7) is 4.20. The van der Waals surface area contributed by atoms with E-state index in [1.165, 1.54) is 23.1 Å². The van der Waals surface area contributed by atoms with Crippen molar-refractivity contribution in [2.75, 3.05) is 17.7 Å². The van der Waals surface area contributed by atoms with Gasteiger partial charge < -0.3 is 4.90 Å². The Morgan fingerprint density at radius 1 is 0.806 bits per heavy atom. The van der Waals surface area contributed by atoms with E-state index in [0.29, 0.717) is 5.57 Å². The fourth-order valence-corrected chi connectivity index (χ4v) is 4.11. The lowest BCUT2D eigenvalue weighted by Gasteiger charge is -2.18. The second kappa shape index (κ2) is 9.27. The fraction of sp³-hybridized carbons (Fsp3) is 0.160. The van der Waals surface area contributed by atoms with Crippen LogP contribution in [0.5, 0.6) is 0 Å². The molecule has 0 saturated heterocycles. The van der Waals surface area contributed by atoms with E-state index in [4.69, 9.17) is 0 Å². The highest BCUT2D eigenvalue weighted by Gasteiger charge is 2.34. The van der Waals surface area contributed by atoms with Crippen molar-refractivity contribution in [3.63, 3.8) is 0 Å². The number of nitrogens with zero attached hydrogens (tertiary/aromatic N) is 1. The van der Waals surface area contributed by atoms with Crippen LogP contribution in [0.25, 0.3) is 11.1 Å². The Balaban J connectivity index is 0.00000132. The first-order valence-corrected chi connectivity index (χ1v) is 11.9. The highest BCUT2D eigenvalue weighted by Crippen LogP contribution is 2.37. The maximum atomic E-state index is 14.4. The van der Waals surface area contributed by atoms with Gasteiger partial charge in [0.15, 0.2) is 9.84 Å². The second-order valence-corrected chi connectivity index (χ2v) is 8.87. The standard InChI is InChI=1S/C23H18FNO3S.C2H6/c1-29(27,28)18-13-11-16(12-14-18)19-15-25(21-10-6-5-9-20(21)24)23(26)22(19)17-7-3-2-4-8-17;1-2/h2-14H,15H2,1H3;1-2H3. The number of carbonyl (C=O) groups is 1. The Bertz CT molecular complexity index is 1220. The van der Waals surface area contributed by atoms with Crippen LogP contribution in [0.1, 0.15) is 25.0 Å². The monoisotopic (exact) mass is 437 g/mol. The van der Waals surface area contributed by atoms with E-state index in [0.717, 1.165) is 23.0 Å². The zero-order valence-corrected chi connectivity index (χ0v) is 18.5. The summed E-state index contributed by atoms with van der Waals surface area (Å²) in [4.78, 5) is 14.9. The lowest BCUT2D eigenvalue weighted by molar-refractivity contribution is -0.112. The molecule has 0 fully saturated rings. The van der Waals surface area contributed by atoms with E-state index in [1.54, 1.807) is 30.3 Å². The van der Waals surface area contributed by atoms with Crippen LogP contribution in [0, 0.1) is 5.82 Å². The molecule has 1 amide bonds. The van der Waals surface area contributed by atoms with Gasteiger partial charge in [-0.3, -0.25) is 4.79 Å². The third kappa shape index (κ3) is 4.59. The normalized spacial score (nSPS) is 13.8. The molecule has 1 aliphatic heterocycles. The molecule has 4 nitrogen and oxygen atoms in total. The smallest absolute Gasteiger partial charge is 0.259 e. The summed E-state index contributed by atoms with van der Waals surface area (Å²) in [7, 11) is -3.32. The largest absolute Gasteiger partial charge is 0.301 e. The average molecular weight is 438 g/mol. The van der Waals surface area contributed by atoms with Crippen molar-refractivity contribution in [2.45, 2.75) is 18.7 Å². The van der Waals surface area contributed by atoms with E-state index in [1.807, 2.05) is 44.2 Å². The number of halogens is 1. The van der Waals surface area contributed by atoms with Crippen molar-refractivity contribution in [1.29, 1.82) is 0 Å². The molecular weight excluding hydrogens is 413 g/mol. The van der Waals surface area contributed by atoms with Gasteiger partial charge in [-0.2, -0.15) is 0 Å². The topological polar surface area (TPSA) is 54.5 Å². The maximum absolute atomic E-state index is 14.4. The van der Waals surface area contributed by atoms with Crippen molar-refractivity contribution in [2.24, 2.45) is 0 Å². The number of sulfone groups is 1. The second-order valence-electron chi connectivity index (χ2n) is 6.86. The molecule has 0 bridgehead atoms. The van der Waals surface area contributed by atoms with E-state index in [2.05, 4.69) is 0 Å². The zero-order valence-electron chi connectivity index (χ0n) is 17.7. The highest BCUT2D eigenvalue weighted by molar-refractivity contribution is 7.90. The molecule has 31 heavy (non-hydrogen) atoms. The molecule has 3 aromatic carbocycles. The van der Waals surface area contributed by atoms with Crippen LogP contribution in [0.3, 0.4) is 0 Å². The van der Waals surface area contributed by atoms with Crippen molar-refractivity contribution >= 4 is 32.6 Å². The van der Waals surface area contributed by atoms with Crippen molar-refractivity contribution in [1.82, 2.24) is 0 Å². The molecular formula is C25H24FNO3S. The van der Waals surface area contributed by atoms with Gasteiger partial charge in [0.05, 0.1) is 22.7 Å². The number of rotatable bonds is 4. The Hall–Kier alpha value is -3.25. The lowest BCUT2D eigenvalue weighted by Crippen LogP contribution is -2.27. The molecule has 0 aliphatic carbocycles. The van der Waals surface area contributed by atoms with E-state index in [9.17, 15) is 17.6 Å². The first-order chi connectivity index (χ1) is 14.9. The average Bonchev–Trinajstić information content (AvgIpc) is 3.12. The van der Waals surface area contributed by atoms with Crippen LogP contribution in [0.4, 0.5) is 10.1 Å². The highest BCUT2D eigenvalue weighted by atomic mass is 32.2. The van der Waals surface area contributed by atoms with Gasteiger partial charge >= 0.3 is 0 Å². The van der Waals surface area contributed by atoms with Gasteiger partial charge in [0.1, 0.15) is 5.82 Å². The summed E-state index contributed by atoms with van der Waals surface area (Å²) >= 11 is 0. The molecule has 0 aromatic heterocycles. The van der Waals surface area contributed by atoms with Crippen LogP contribution in [0.2, 0.25) is 0 Å². The predicted octanol–water partition coefficient (Wildman–Crippen LogP) is 5.21. The molecule has 1 heterocycles. The predicted molar refractivity (Wildman–Crippen MR) is 123 cm³/mol. The van der Waals surface area contributed by atoms with Crippen LogP contribution in [-0.2, 0) is 14.6 Å². The van der Waals surface area contributed by atoms with E-state index in [-0.39, 0.29) is 23.0 Å². The molecule has 0 radical (unpaired) electrons. The number of hydrogen-bond acceptors (Lipinski definition) is 3. The van der Waals surface area contributed by atoms with Gasteiger partial charge in [-0.25, -0.2) is 12.8 Å². The lowest BCUT2D eigenvalue weighted by atomic mass is 9.97. The molecule has 0 N–H and O–H groups in total. The van der Waals surface area contributed by atoms with Crippen LogP contribution in [0.15, 0.2) is 83.8 Å². The quantitative estimate of drug-likeness (QED) is 0.563. The van der Waals surface area contributed by atoms with Crippen LogP contribution in [-0.4, -0.2) is 27.1 Å². The molecule has 6 heteroatoms. The Kier molecular flexibility index (Phi) is 6.71. The van der Waals surface area contributed by atoms with Crippen LogP contribution < -0.4 is 4.90 Å². The minimum atomic E-state index is -3.32. The van der Waals surface area contributed by atoms with Gasteiger partial charge in [-0.15, -0.1) is 0 Å². The van der Waals surface area contributed by atoms with Crippen molar-refractivity contribution in [3.05, 3.63) is 95.8 Å². The van der Waals surface area contributed by atoms with Gasteiger partial charge in [0.2, 0.25) is 0 Å². The summed E-state index contributed by atoms with van der Waals surface area (Å²) in [5.74, 6) is -0.759. The summed E-state index contributed by atoms with van der Waals surface area (Å²) in [6, 6.07) is 21.8. The number of carbonyl (C=O) groups excluding carboxylic acids is 1. The molecule has 4 rings (SSSR count). The number of benzene rings is 3. The third-order valence-electron chi connectivity index (χ3n) is 4.91. The van der Waals surface area contributed by atoms with Gasteiger partial charge in [-0.1, -0.05) is 68.4 Å². The third-order valence-corrected chi connectivity index (χ3v) is 6.04. The zero-order chi connectivity index (χ0) is 22.6. The Morgan fingerprint density at radius 3 is 1.97 bits per heavy atom. The van der Waals surface area contributed by atoms with Crippen molar-refractivity contribution in [3.8, 4) is 0 Å². The molecule has 0 atom stereocenters. The minimum Gasteiger partial charge on any atom is -0.301 e. The van der Waals surface area contributed by atoms with Crippen LogP contribution >= 0.6 is 0 Å². The van der Waals surface area contributed by atoms with E-state index >= 15 is 0 Å². The van der Waals surface area contributed by atoms with Gasteiger partial charge in [0.25, 0.3) is 5.91 Å². The first kappa shape index (κ1) is 22.4. The number of anilines is 1. The van der Waals surface area contributed by atoms with Gasteiger partial charge in [0, 0.05) is 6.26 Å². The van der Waals surface area contributed by atoms with Gasteiger partial charge in [-0.05, 0) is 41.0 Å². The summed E-state index contributed by atoms with van der Waals surface area (Å²) < 4.78 is 37.9. The molecule has 0 spiro atoms. The molecule has 1 aliphatic rings. The molecule has 160 valence electrons. The maximum Gasteiger partial charge on any atom is 0.259 e. The SMILES string of the molecule is CC.CS(=O)(=O)c1ccc(C2=C(c3ccccc3)C(=O)N(c3ccccc3F)C2)cc1. The molecule has 3 aromatic rings. The first-order valence-electron chi connectivity index (χ1n) is 10.0. The molecule has 0 unspecified atom stereocenters. The fourth-order valence-electron chi connectivity index (χ4n) is 3.48. The number of para-hydroxylation sites is 1. The Labute approximate surface area is 182 Å². The summed E-state index contributed by atoms with van der Waals surface area (Å²) in [5, 5.41) is 0. The minimum absolute atomic E-state index is 0.197. The van der Waals surface area contributed by atoms with E-state index < -0.39 is 15.7 Å². The van der Waals surface area contributed by atoms with Crippen molar-refractivity contribution < 1.29 is 17.6 Å². The summed E-state index contributed by atoms with van der Waals surface area (Å²) in [5.41, 5.74) is 2.89. The molecule has 0 saturated carbocycles. The number of amides is 1. The Morgan fingerprint density at radius 2 is 1.39 bits per heavy atom. The number of hydrogen-bond donors (Lipinski definition) is 0. The summed E-state index contributed by atoms with van der Waals surface area (Å²) in [6.07, 6.45) is 1.15.